The third-order valence-electron chi connectivity index (χ3n) is 11.5. The fourth-order valence-corrected chi connectivity index (χ4v) is 9.08. The monoisotopic (exact) mass is 1050 g/mol. The molecular weight excluding hydrogens is 999 g/mol. The van der Waals surface area contributed by atoms with E-state index in [4.69, 9.17) is 10.2 Å². The molecule has 1 aromatic heterocycles. The van der Waals surface area contributed by atoms with Gasteiger partial charge in [0.1, 0.15) is 32.6 Å². The number of carboxylic acids is 2. The van der Waals surface area contributed by atoms with Crippen molar-refractivity contribution in [3.8, 4) is 11.5 Å². The van der Waals surface area contributed by atoms with Crippen molar-refractivity contribution in [1.29, 1.82) is 0 Å². The zero-order chi connectivity index (χ0) is 53.2. The molecule has 74 heavy (non-hydrogen) atoms. The highest BCUT2D eigenvalue weighted by Gasteiger charge is 2.24. The Hall–Kier alpha value is -8.51. The SMILES string of the molecule is O=C(O)CCCCCc1ccc(N=Nc2c(S(=O)(=O)O)cc3cc(NC(=O)c4cccc(C(=O)Nc5ccc6c(O)c(N=Nc7ccc(CCCCCC(=O)O)cc7)c(S(=O)(=O)O)cc6c5)n4)ccc3c2O)cc1. The van der Waals surface area contributed by atoms with Gasteiger partial charge in [-0.25, -0.2) is 4.98 Å². The van der Waals surface area contributed by atoms with Gasteiger partial charge < -0.3 is 31.1 Å². The minimum Gasteiger partial charge on any atom is -0.505 e. The molecule has 2 amide bonds. The van der Waals surface area contributed by atoms with Crippen molar-refractivity contribution in [1.82, 2.24) is 4.98 Å². The van der Waals surface area contributed by atoms with Gasteiger partial charge in [0.2, 0.25) is 0 Å². The largest absolute Gasteiger partial charge is 0.505 e. The van der Waals surface area contributed by atoms with Crippen LogP contribution in [0.25, 0.3) is 21.5 Å². The normalized spacial score (nSPS) is 11.9. The average Bonchev–Trinajstić information content (AvgIpc) is 3.35. The molecule has 21 nitrogen and oxygen atoms in total. The van der Waals surface area contributed by atoms with Crippen LogP contribution < -0.4 is 10.6 Å². The summed E-state index contributed by atoms with van der Waals surface area (Å²) < 4.78 is 70.4. The minimum absolute atomic E-state index is 0.0793. The lowest BCUT2D eigenvalue weighted by molar-refractivity contribution is -0.138. The van der Waals surface area contributed by atoms with E-state index in [1.807, 2.05) is 0 Å². The molecule has 23 heteroatoms. The zero-order valence-electron chi connectivity index (χ0n) is 39.0. The van der Waals surface area contributed by atoms with Crippen LogP contribution in [0.2, 0.25) is 0 Å². The van der Waals surface area contributed by atoms with Gasteiger partial charge >= 0.3 is 11.9 Å². The number of nitrogens with one attached hydrogen (secondary N) is 2. The Labute approximate surface area is 422 Å². The average molecular weight is 1050 g/mol. The van der Waals surface area contributed by atoms with Crippen LogP contribution in [0.4, 0.5) is 34.1 Å². The number of hydrogen-bond acceptors (Lipinski definition) is 15. The summed E-state index contributed by atoms with van der Waals surface area (Å²) in [5.41, 5.74) is 1.27. The minimum atomic E-state index is -4.98. The van der Waals surface area contributed by atoms with Crippen molar-refractivity contribution in [3.05, 3.63) is 138 Å². The molecule has 7 aromatic rings. The summed E-state index contributed by atoms with van der Waals surface area (Å²) in [5.74, 6) is -4.52. The Morgan fingerprint density at radius 2 is 0.878 bits per heavy atom. The number of fused-ring (bicyclic) bond motifs is 2. The quantitative estimate of drug-likeness (QED) is 0.0178. The maximum absolute atomic E-state index is 13.4. The maximum atomic E-state index is 13.4. The lowest BCUT2D eigenvalue weighted by atomic mass is 10.1. The second-order valence-corrected chi connectivity index (χ2v) is 19.7. The number of amides is 2. The number of aryl methyl sites for hydroxylation is 2. The first-order valence-corrected chi connectivity index (χ1v) is 25.7. The van der Waals surface area contributed by atoms with E-state index < -0.39 is 76.7 Å². The molecule has 382 valence electrons. The van der Waals surface area contributed by atoms with Crippen molar-refractivity contribution in [2.24, 2.45) is 20.5 Å². The lowest BCUT2D eigenvalue weighted by Crippen LogP contribution is -2.18. The van der Waals surface area contributed by atoms with E-state index in [2.05, 4.69) is 36.1 Å². The highest BCUT2D eigenvalue weighted by atomic mass is 32.2. The Bertz CT molecular complexity index is 3360. The number of carboxylic acid groups (broad SMARTS) is 2. The van der Waals surface area contributed by atoms with Crippen LogP contribution in [0, 0.1) is 0 Å². The van der Waals surface area contributed by atoms with Crippen molar-refractivity contribution in [2.45, 2.75) is 74.0 Å². The number of phenolic OH excluding ortho intramolecular Hbond substituents is 2. The van der Waals surface area contributed by atoms with Gasteiger partial charge in [0.05, 0.1) is 11.4 Å². The molecule has 0 unspecified atom stereocenters. The van der Waals surface area contributed by atoms with Crippen LogP contribution in [0.1, 0.15) is 83.5 Å². The molecule has 0 aliphatic carbocycles. The van der Waals surface area contributed by atoms with Crippen LogP contribution >= 0.6 is 0 Å². The van der Waals surface area contributed by atoms with Gasteiger partial charge in [0.15, 0.2) is 11.5 Å². The number of azo groups is 2. The highest BCUT2D eigenvalue weighted by molar-refractivity contribution is 7.86. The summed E-state index contributed by atoms with van der Waals surface area (Å²) >= 11 is 0. The lowest BCUT2D eigenvalue weighted by Gasteiger charge is -2.12. The number of aliphatic carboxylic acids is 2. The Kier molecular flexibility index (Phi) is 16.8. The Balaban J connectivity index is 1.03. The summed E-state index contributed by atoms with van der Waals surface area (Å²) in [5, 5.41) is 61.6. The molecule has 7 rings (SSSR count). The number of anilines is 2. The van der Waals surface area contributed by atoms with Crippen LogP contribution in [-0.4, -0.2) is 75.1 Å². The summed E-state index contributed by atoms with van der Waals surface area (Å²) in [6.45, 7) is 0. The summed E-state index contributed by atoms with van der Waals surface area (Å²) in [4.78, 5) is 51.0. The van der Waals surface area contributed by atoms with E-state index in [1.54, 1.807) is 48.5 Å². The first-order valence-electron chi connectivity index (χ1n) is 22.8. The standard InChI is InChI=1S/C51H47N7O14S2/c59-44(60)12-5-1-3-8-30-14-18-34(19-15-30)55-57-46-42(73(67,68)69)28-32-26-36(22-24-38(32)48(46)63)52-50(65)40-10-7-11-41(54-40)51(66)53-37-23-25-39-33(27-37)29-43(74(70,71)72)47(49(39)64)58-56-35-20-16-31(17-21-35)9-4-2-6-13-45(61)62/h7,10-11,14-29,63-64H,1-6,8-9,12-13H2,(H,52,65)(H,53,66)(H,59,60)(H,61,62)(H,67,68,69)(H,70,71,72). The second kappa shape index (κ2) is 23.4. The highest BCUT2D eigenvalue weighted by Crippen LogP contribution is 2.44. The zero-order valence-corrected chi connectivity index (χ0v) is 40.7. The van der Waals surface area contributed by atoms with Crippen molar-refractivity contribution in [3.63, 3.8) is 0 Å². The van der Waals surface area contributed by atoms with Crippen molar-refractivity contribution in [2.75, 3.05) is 10.6 Å². The van der Waals surface area contributed by atoms with Crippen LogP contribution in [-0.2, 0) is 42.7 Å². The van der Waals surface area contributed by atoms with Gasteiger partial charge in [-0.2, -0.15) is 27.1 Å². The van der Waals surface area contributed by atoms with Gasteiger partial charge in [0, 0.05) is 35.0 Å². The van der Waals surface area contributed by atoms with Gasteiger partial charge in [0.25, 0.3) is 32.1 Å². The third-order valence-corrected chi connectivity index (χ3v) is 13.2. The number of carbonyl (C=O) groups is 4. The topological polar surface area (TPSA) is 344 Å². The number of benzene rings is 6. The third kappa shape index (κ3) is 13.9. The molecule has 8 N–H and O–H groups in total. The number of carbonyl (C=O) groups excluding carboxylic acids is 2. The molecule has 0 saturated carbocycles. The fraction of sp³-hybridized carbons (Fsp3) is 0.196. The van der Waals surface area contributed by atoms with Gasteiger partial charge in [-0.3, -0.25) is 28.3 Å². The number of aromatic hydroxyl groups is 2. The molecule has 0 aliphatic rings. The van der Waals surface area contributed by atoms with Crippen LogP contribution in [0.3, 0.4) is 0 Å². The number of nitrogens with zero attached hydrogens (tertiary/aromatic N) is 5. The van der Waals surface area contributed by atoms with Gasteiger partial charge in [-0.1, -0.05) is 43.2 Å². The molecule has 0 bridgehead atoms. The summed E-state index contributed by atoms with van der Waals surface area (Å²) in [7, 11) is -9.96. The summed E-state index contributed by atoms with van der Waals surface area (Å²) in [6, 6.07) is 28.0. The number of pyridine rings is 1. The van der Waals surface area contributed by atoms with Crippen molar-refractivity contribution < 1.29 is 65.5 Å². The molecule has 0 saturated heterocycles. The fourth-order valence-electron chi connectivity index (χ4n) is 7.76. The van der Waals surface area contributed by atoms with E-state index >= 15 is 0 Å². The predicted octanol–water partition coefficient (Wildman–Crippen LogP) is 11.0. The Morgan fingerprint density at radius 1 is 0.486 bits per heavy atom. The number of aromatic nitrogens is 1. The van der Waals surface area contributed by atoms with E-state index in [-0.39, 0.29) is 57.1 Å². The molecule has 6 aromatic carbocycles. The van der Waals surface area contributed by atoms with E-state index in [9.17, 15) is 55.3 Å². The molecule has 1 heterocycles. The number of rotatable bonds is 22. The van der Waals surface area contributed by atoms with Crippen LogP contribution in [0.5, 0.6) is 11.5 Å². The first kappa shape index (κ1) is 53.3. The summed E-state index contributed by atoms with van der Waals surface area (Å²) in [6.07, 6.45) is 5.80. The van der Waals surface area contributed by atoms with Crippen LogP contribution in [0.15, 0.2) is 146 Å². The van der Waals surface area contributed by atoms with Gasteiger partial charge in [-0.05, 0) is 145 Å². The number of unbranched alkanes of at least 4 members (excludes halogenated alkanes) is 4. The molecule has 0 radical (unpaired) electrons. The second-order valence-electron chi connectivity index (χ2n) is 16.9. The molecule has 0 fully saturated rings. The predicted molar refractivity (Wildman–Crippen MR) is 272 cm³/mol. The van der Waals surface area contributed by atoms with Crippen molar-refractivity contribution >= 4 is 99.7 Å². The van der Waals surface area contributed by atoms with E-state index in [0.29, 0.717) is 37.1 Å². The molecule has 0 atom stereocenters. The van der Waals surface area contributed by atoms with E-state index in [0.717, 1.165) is 48.9 Å². The van der Waals surface area contributed by atoms with E-state index in [1.165, 1.54) is 54.6 Å². The Morgan fingerprint density at radius 3 is 1.24 bits per heavy atom. The maximum Gasteiger partial charge on any atom is 0.303 e. The number of phenols is 2. The molecule has 0 aliphatic heterocycles. The first-order chi connectivity index (χ1) is 35.2. The number of hydrogen-bond donors (Lipinski definition) is 8. The molecular formula is C51H47N7O14S2. The molecule has 0 spiro atoms. The van der Waals surface area contributed by atoms with Gasteiger partial charge in [-0.15, -0.1) is 10.2 Å². The smallest absolute Gasteiger partial charge is 0.303 e.